The zero-order valence-electron chi connectivity index (χ0n) is 7.48. The lowest BCUT2D eigenvalue weighted by molar-refractivity contribution is 0.800. The largest absolute Gasteiger partial charge is 0.389 e. The summed E-state index contributed by atoms with van der Waals surface area (Å²) in [5, 5.41) is 3.20. The monoisotopic (exact) mass is 175 g/mol. The molecule has 0 saturated carbocycles. The molecule has 0 bridgehead atoms. The Bertz CT molecular complexity index is 281. The van der Waals surface area contributed by atoms with Gasteiger partial charge in [0, 0.05) is 25.8 Å². The first-order valence-electron chi connectivity index (χ1n) is 4.50. The number of anilines is 1. The fourth-order valence-corrected chi connectivity index (χ4v) is 1.41. The van der Waals surface area contributed by atoms with Crippen molar-refractivity contribution >= 4 is 5.69 Å². The minimum Gasteiger partial charge on any atom is -0.389 e. The molecule has 0 atom stereocenters. The van der Waals surface area contributed by atoms with Crippen molar-refractivity contribution in [2.45, 2.75) is 0 Å². The van der Waals surface area contributed by atoms with Gasteiger partial charge in [-0.1, -0.05) is 0 Å². The van der Waals surface area contributed by atoms with Gasteiger partial charge in [-0.3, -0.25) is 4.98 Å². The van der Waals surface area contributed by atoms with Gasteiger partial charge in [0.15, 0.2) is 0 Å². The number of rotatable bonds is 1. The van der Waals surface area contributed by atoms with E-state index in [9.17, 15) is 0 Å². The van der Waals surface area contributed by atoms with Crippen molar-refractivity contribution in [3.63, 3.8) is 0 Å². The number of aromatic nitrogens is 1. The number of pyridine rings is 1. The zero-order chi connectivity index (χ0) is 8.93. The van der Waals surface area contributed by atoms with Crippen LogP contribution in [0, 0.1) is 0 Å². The zero-order valence-corrected chi connectivity index (χ0v) is 7.48. The Kier molecular flexibility index (Phi) is 2.45. The molecule has 1 aromatic heterocycles. The summed E-state index contributed by atoms with van der Waals surface area (Å²) in [5.74, 6) is 0. The predicted molar refractivity (Wildman–Crippen MR) is 53.6 cm³/mol. The van der Waals surface area contributed by atoms with Crippen LogP contribution in [0.1, 0.15) is 0 Å². The van der Waals surface area contributed by atoms with Crippen LogP contribution in [0.4, 0.5) is 5.69 Å². The summed E-state index contributed by atoms with van der Waals surface area (Å²) in [6.45, 7) is 2.97. The SMILES string of the molecule is C1=CNCCN(c2cccnc2)C1. The maximum Gasteiger partial charge on any atom is 0.0556 e. The van der Waals surface area contributed by atoms with Gasteiger partial charge in [-0.25, -0.2) is 0 Å². The molecule has 1 aliphatic heterocycles. The Morgan fingerprint density at radius 1 is 1.46 bits per heavy atom. The minimum atomic E-state index is 0.957. The van der Waals surface area contributed by atoms with E-state index in [-0.39, 0.29) is 0 Å². The molecular formula is C10H13N3. The standard InChI is InChI=1S/C10H13N3/c1-3-10(9-12-4-1)13-7-2-5-11-6-8-13/h1-5,9,11H,6-8H2. The second kappa shape index (κ2) is 3.94. The second-order valence-corrected chi connectivity index (χ2v) is 3.01. The molecule has 1 aromatic rings. The van der Waals surface area contributed by atoms with Crippen molar-refractivity contribution in [2.75, 3.05) is 24.5 Å². The molecule has 2 rings (SSSR count). The van der Waals surface area contributed by atoms with Crippen molar-refractivity contribution in [3.8, 4) is 0 Å². The quantitative estimate of drug-likeness (QED) is 0.690. The van der Waals surface area contributed by atoms with E-state index >= 15 is 0 Å². The lowest BCUT2D eigenvalue weighted by Crippen LogP contribution is -2.27. The first-order valence-corrected chi connectivity index (χ1v) is 4.50. The van der Waals surface area contributed by atoms with E-state index in [1.807, 2.05) is 18.5 Å². The minimum absolute atomic E-state index is 0.957. The Labute approximate surface area is 78.1 Å². The highest BCUT2D eigenvalue weighted by Crippen LogP contribution is 2.11. The normalized spacial score (nSPS) is 16.5. The fraction of sp³-hybridized carbons (Fsp3) is 0.300. The summed E-state index contributed by atoms with van der Waals surface area (Å²) in [6.07, 6.45) is 7.84. The van der Waals surface area contributed by atoms with Crippen LogP contribution >= 0.6 is 0 Å². The molecule has 0 fully saturated rings. The van der Waals surface area contributed by atoms with Crippen LogP contribution in [0.5, 0.6) is 0 Å². The van der Waals surface area contributed by atoms with Gasteiger partial charge in [0.1, 0.15) is 0 Å². The lowest BCUT2D eigenvalue weighted by Gasteiger charge is -2.20. The topological polar surface area (TPSA) is 28.2 Å². The molecule has 1 aliphatic rings. The molecule has 0 aromatic carbocycles. The van der Waals surface area contributed by atoms with Gasteiger partial charge in [0.05, 0.1) is 11.9 Å². The van der Waals surface area contributed by atoms with Crippen LogP contribution in [0.2, 0.25) is 0 Å². The van der Waals surface area contributed by atoms with Crippen molar-refractivity contribution < 1.29 is 0 Å². The molecule has 68 valence electrons. The third kappa shape index (κ3) is 1.99. The van der Waals surface area contributed by atoms with Gasteiger partial charge in [-0.2, -0.15) is 0 Å². The third-order valence-electron chi connectivity index (χ3n) is 2.10. The highest BCUT2D eigenvalue weighted by Gasteiger charge is 2.05. The first kappa shape index (κ1) is 8.10. The number of nitrogens with zero attached hydrogens (tertiary/aromatic N) is 2. The molecule has 0 aliphatic carbocycles. The van der Waals surface area contributed by atoms with E-state index < -0.39 is 0 Å². The van der Waals surface area contributed by atoms with Gasteiger partial charge >= 0.3 is 0 Å². The van der Waals surface area contributed by atoms with E-state index in [0.29, 0.717) is 0 Å². The molecule has 2 heterocycles. The van der Waals surface area contributed by atoms with E-state index in [2.05, 4.69) is 27.3 Å². The van der Waals surface area contributed by atoms with E-state index in [1.54, 1.807) is 6.20 Å². The molecule has 0 radical (unpaired) electrons. The van der Waals surface area contributed by atoms with E-state index in [0.717, 1.165) is 19.6 Å². The predicted octanol–water partition coefficient (Wildman–Crippen LogP) is 1.00. The first-order chi connectivity index (χ1) is 6.47. The fourth-order valence-electron chi connectivity index (χ4n) is 1.41. The van der Waals surface area contributed by atoms with Gasteiger partial charge in [0.25, 0.3) is 0 Å². The molecule has 0 spiro atoms. The molecule has 13 heavy (non-hydrogen) atoms. The molecule has 0 saturated heterocycles. The number of nitrogens with one attached hydrogen (secondary N) is 1. The van der Waals surface area contributed by atoms with Crippen molar-refractivity contribution in [3.05, 3.63) is 36.8 Å². The van der Waals surface area contributed by atoms with Crippen LogP contribution in [-0.2, 0) is 0 Å². The van der Waals surface area contributed by atoms with Crippen LogP contribution in [0.25, 0.3) is 0 Å². The average Bonchev–Trinajstić information content (AvgIpc) is 2.47. The maximum atomic E-state index is 4.10. The van der Waals surface area contributed by atoms with Crippen LogP contribution in [0.3, 0.4) is 0 Å². The summed E-state index contributed by atoms with van der Waals surface area (Å²) in [5.41, 5.74) is 1.19. The van der Waals surface area contributed by atoms with E-state index in [1.165, 1.54) is 5.69 Å². The summed E-state index contributed by atoms with van der Waals surface area (Å²) in [6, 6.07) is 4.06. The second-order valence-electron chi connectivity index (χ2n) is 3.01. The molecule has 0 unspecified atom stereocenters. The number of hydrogen-bond acceptors (Lipinski definition) is 3. The molecule has 1 N–H and O–H groups in total. The Balaban J connectivity index is 2.12. The molecule has 3 nitrogen and oxygen atoms in total. The third-order valence-corrected chi connectivity index (χ3v) is 2.10. The van der Waals surface area contributed by atoms with Crippen molar-refractivity contribution in [1.29, 1.82) is 0 Å². The van der Waals surface area contributed by atoms with Crippen LogP contribution < -0.4 is 10.2 Å². The van der Waals surface area contributed by atoms with Gasteiger partial charge in [-0.05, 0) is 24.4 Å². The summed E-state index contributed by atoms with van der Waals surface area (Å²) in [4.78, 5) is 6.40. The van der Waals surface area contributed by atoms with Crippen LogP contribution in [-0.4, -0.2) is 24.6 Å². The maximum absolute atomic E-state index is 4.10. The Morgan fingerprint density at radius 2 is 2.46 bits per heavy atom. The molecular weight excluding hydrogens is 162 g/mol. The van der Waals surface area contributed by atoms with E-state index in [4.69, 9.17) is 0 Å². The van der Waals surface area contributed by atoms with Crippen molar-refractivity contribution in [1.82, 2.24) is 10.3 Å². The highest BCUT2D eigenvalue weighted by atomic mass is 15.1. The lowest BCUT2D eigenvalue weighted by atomic mass is 10.3. The number of hydrogen-bond donors (Lipinski definition) is 1. The highest BCUT2D eigenvalue weighted by molar-refractivity contribution is 5.44. The van der Waals surface area contributed by atoms with Gasteiger partial charge in [0.2, 0.25) is 0 Å². The van der Waals surface area contributed by atoms with Crippen LogP contribution in [0.15, 0.2) is 36.8 Å². The Morgan fingerprint density at radius 3 is 3.31 bits per heavy atom. The molecule has 3 heteroatoms. The Hall–Kier alpha value is -1.51. The van der Waals surface area contributed by atoms with Gasteiger partial charge in [-0.15, -0.1) is 0 Å². The molecule has 0 amide bonds. The summed E-state index contributed by atoms with van der Waals surface area (Å²) < 4.78 is 0. The summed E-state index contributed by atoms with van der Waals surface area (Å²) >= 11 is 0. The smallest absolute Gasteiger partial charge is 0.0556 e. The summed E-state index contributed by atoms with van der Waals surface area (Å²) in [7, 11) is 0. The van der Waals surface area contributed by atoms with Crippen molar-refractivity contribution in [2.24, 2.45) is 0 Å². The van der Waals surface area contributed by atoms with Gasteiger partial charge < -0.3 is 10.2 Å². The average molecular weight is 175 g/mol.